The highest BCUT2D eigenvalue weighted by Gasteiger charge is 2.09. The van der Waals surface area contributed by atoms with Crippen molar-refractivity contribution < 1.29 is 4.84 Å². The normalized spacial score (nSPS) is 11.8. The first-order valence-electron chi connectivity index (χ1n) is 6.76. The van der Waals surface area contributed by atoms with Gasteiger partial charge in [0, 0.05) is 9.50 Å². The molecule has 0 radical (unpaired) electrons. The Morgan fingerprint density at radius 2 is 1.71 bits per heavy atom. The molecule has 0 aromatic heterocycles. The van der Waals surface area contributed by atoms with Crippen LogP contribution in [0.3, 0.4) is 0 Å². The molecular formula is C17H17BrClNO. The van der Waals surface area contributed by atoms with Crippen molar-refractivity contribution in [3.05, 3.63) is 69.2 Å². The Hall–Kier alpha value is -1.32. The van der Waals surface area contributed by atoms with Crippen LogP contribution in [0.25, 0.3) is 0 Å². The predicted octanol–water partition coefficient (Wildman–Crippen LogP) is 5.68. The first-order valence-corrected chi connectivity index (χ1v) is 7.93. The van der Waals surface area contributed by atoms with E-state index in [1.165, 1.54) is 0 Å². The molecule has 0 unspecified atom stereocenters. The molecule has 0 atom stereocenters. The molecule has 0 aliphatic rings. The van der Waals surface area contributed by atoms with Gasteiger partial charge in [0.25, 0.3) is 0 Å². The van der Waals surface area contributed by atoms with Crippen molar-refractivity contribution in [3.8, 4) is 0 Å². The topological polar surface area (TPSA) is 21.6 Å². The molecule has 0 spiro atoms. The van der Waals surface area contributed by atoms with Crippen molar-refractivity contribution in [3.63, 3.8) is 0 Å². The van der Waals surface area contributed by atoms with Crippen molar-refractivity contribution in [2.24, 2.45) is 11.1 Å². The van der Waals surface area contributed by atoms with Crippen LogP contribution in [0.2, 0.25) is 5.02 Å². The van der Waals surface area contributed by atoms with Crippen LogP contribution in [0.5, 0.6) is 0 Å². The molecule has 110 valence electrons. The summed E-state index contributed by atoms with van der Waals surface area (Å²) in [5.41, 5.74) is 3.04. The van der Waals surface area contributed by atoms with Crippen molar-refractivity contribution in [2.75, 3.05) is 0 Å². The van der Waals surface area contributed by atoms with Crippen molar-refractivity contribution in [1.82, 2.24) is 0 Å². The molecule has 0 aliphatic carbocycles. The maximum absolute atomic E-state index is 5.92. The molecule has 0 aliphatic heterocycles. The van der Waals surface area contributed by atoms with E-state index < -0.39 is 0 Å². The number of hydrogen-bond donors (Lipinski definition) is 0. The molecule has 0 fully saturated rings. The molecule has 0 heterocycles. The van der Waals surface area contributed by atoms with Gasteiger partial charge < -0.3 is 4.84 Å². The van der Waals surface area contributed by atoms with Crippen LogP contribution >= 0.6 is 27.5 Å². The quantitative estimate of drug-likeness (QED) is 0.493. The molecular weight excluding hydrogens is 350 g/mol. The van der Waals surface area contributed by atoms with E-state index in [0.717, 1.165) is 26.3 Å². The molecule has 2 aromatic rings. The zero-order valence-electron chi connectivity index (χ0n) is 12.0. The number of rotatable bonds is 5. The number of hydrogen-bond acceptors (Lipinski definition) is 2. The second kappa shape index (κ2) is 7.62. The summed E-state index contributed by atoms with van der Waals surface area (Å²) in [6.45, 7) is 4.64. The van der Waals surface area contributed by atoms with Crippen LogP contribution in [0.4, 0.5) is 0 Å². The molecule has 0 N–H and O–H groups in total. The highest BCUT2D eigenvalue weighted by molar-refractivity contribution is 9.10. The van der Waals surface area contributed by atoms with Crippen molar-refractivity contribution >= 4 is 33.2 Å². The van der Waals surface area contributed by atoms with Crippen LogP contribution < -0.4 is 0 Å². The second-order valence-electron chi connectivity index (χ2n) is 5.04. The summed E-state index contributed by atoms with van der Waals surface area (Å²) in [4.78, 5) is 5.51. The Bertz CT molecular complexity index is 606. The third-order valence-corrected chi connectivity index (χ3v) is 3.77. The number of oxime groups is 1. The molecule has 0 saturated heterocycles. The lowest BCUT2D eigenvalue weighted by Gasteiger charge is -2.10. The zero-order chi connectivity index (χ0) is 15.2. The Morgan fingerprint density at radius 1 is 1.10 bits per heavy atom. The minimum atomic E-state index is 0.274. The van der Waals surface area contributed by atoms with Crippen molar-refractivity contribution in [1.29, 1.82) is 0 Å². The monoisotopic (exact) mass is 365 g/mol. The number of nitrogens with zero attached hydrogens (tertiary/aromatic N) is 1. The maximum Gasteiger partial charge on any atom is 0.142 e. The highest BCUT2D eigenvalue weighted by atomic mass is 79.9. The fourth-order valence-corrected chi connectivity index (χ4v) is 2.26. The van der Waals surface area contributed by atoms with E-state index in [1.54, 1.807) is 0 Å². The molecule has 2 nitrogen and oxygen atoms in total. The van der Waals surface area contributed by atoms with Crippen LogP contribution in [0.15, 0.2) is 58.2 Å². The molecule has 21 heavy (non-hydrogen) atoms. The van der Waals surface area contributed by atoms with Gasteiger partial charge in [0.05, 0.1) is 5.71 Å². The van der Waals surface area contributed by atoms with E-state index in [9.17, 15) is 0 Å². The first kappa shape index (κ1) is 16.1. The third-order valence-electron chi connectivity index (χ3n) is 2.99. The smallest absolute Gasteiger partial charge is 0.142 e. The van der Waals surface area contributed by atoms with E-state index in [0.29, 0.717) is 6.61 Å². The Morgan fingerprint density at radius 3 is 2.29 bits per heavy atom. The zero-order valence-corrected chi connectivity index (χ0v) is 14.4. The maximum atomic E-state index is 5.92. The number of benzene rings is 2. The van der Waals surface area contributed by atoms with Gasteiger partial charge in [-0.05, 0) is 41.3 Å². The van der Waals surface area contributed by atoms with E-state index >= 15 is 0 Å². The van der Waals surface area contributed by atoms with Gasteiger partial charge in [-0.3, -0.25) is 0 Å². The summed E-state index contributed by atoms with van der Waals surface area (Å²) in [7, 11) is 0. The van der Waals surface area contributed by atoms with Crippen LogP contribution in [-0.2, 0) is 11.4 Å². The standard InChI is InChI=1S/C17H17BrClNO/c1-12(2)17(14-5-9-16(19)10-6-14)20-21-11-13-3-7-15(18)8-4-13/h3-10,12H,11H2,1-2H3/b20-17+. The SMILES string of the molecule is CC(C)/C(=N\OCc1ccc(Br)cc1)c1ccc(Cl)cc1. The molecule has 0 saturated carbocycles. The lowest BCUT2D eigenvalue weighted by atomic mass is 10.0. The van der Waals surface area contributed by atoms with Crippen LogP contribution in [0, 0.1) is 5.92 Å². The van der Waals surface area contributed by atoms with E-state index in [4.69, 9.17) is 16.4 Å². The summed E-state index contributed by atoms with van der Waals surface area (Å²) < 4.78 is 1.05. The van der Waals surface area contributed by atoms with Gasteiger partial charge >= 0.3 is 0 Å². The summed E-state index contributed by atoms with van der Waals surface area (Å²) in [5, 5.41) is 5.02. The Labute approximate surface area is 138 Å². The lowest BCUT2D eigenvalue weighted by Crippen LogP contribution is -2.10. The molecule has 0 amide bonds. The fourth-order valence-electron chi connectivity index (χ4n) is 1.87. The average molecular weight is 367 g/mol. The Kier molecular flexibility index (Phi) is 5.83. The minimum Gasteiger partial charge on any atom is -0.391 e. The molecule has 0 bridgehead atoms. The van der Waals surface area contributed by atoms with Gasteiger partial charge in [0.2, 0.25) is 0 Å². The van der Waals surface area contributed by atoms with Gasteiger partial charge in [-0.25, -0.2) is 0 Å². The number of halogens is 2. The van der Waals surface area contributed by atoms with E-state index in [2.05, 4.69) is 34.9 Å². The second-order valence-corrected chi connectivity index (χ2v) is 6.39. The third kappa shape index (κ3) is 4.87. The summed E-state index contributed by atoms with van der Waals surface area (Å²) >= 11 is 9.33. The van der Waals surface area contributed by atoms with Crippen LogP contribution in [-0.4, -0.2) is 5.71 Å². The van der Waals surface area contributed by atoms with Gasteiger partial charge in [0.15, 0.2) is 0 Å². The van der Waals surface area contributed by atoms with Gasteiger partial charge in [-0.1, -0.05) is 70.8 Å². The van der Waals surface area contributed by atoms with Crippen molar-refractivity contribution in [2.45, 2.75) is 20.5 Å². The van der Waals surface area contributed by atoms with Crippen LogP contribution in [0.1, 0.15) is 25.0 Å². The molecule has 4 heteroatoms. The van der Waals surface area contributed by atoms with E-state index in [-0.39, 0.29) is 5.92 Å². The lowest BCUT2D eigenvalue weighted by molar-refractivity contribution is 0.129. The largest absolute Gasteiger partial charge is 0.391 e. The Balaban J connectivity index is 2.07. The average Bonchev–Trinajstić information content (AvgIpc) is 2.46. The summed E-state index contributed by atoms with van der Waals surface area (Å²) in [5.74, 6) is 0.274. The first-order chi connectivity index (χ1) is 10.1. The molecule has 2 aromatic carbocycles. The fraction of sp³-hybridized carbons (Fsp3) is 0.235. The molecule has 2 rings (SSSR count). The summed E-state index contributed by atoms with van der Waals surface area (Å²) in [6.07, 6.45) is 0. The predicted molar refractivity (Wildman–Crippen MR) is 91.8 cm³/mol. The highest BCUT2D eigenvalue weighted by Crippen LogP contribution is 2.15. The van der Waals surface area contributed by atoms with E-state index in [1.807, 2.05) is 48.5 Å². The van der Waals surface area contributed by atoms with Gasteiger partial charge in [-0.15, -0.1) is 0 Å². The van der Waals surface area contributed by atoms with Gasteiger partial charge in [0.1, 0.15) is 6.61 Å². The van der Waals surface area contributed by atoms with Gasteiger partial charge in [-0.2, -0.15) is 0 Å². The summed E-state index contributed by atoms with van der Waals surface area (Å²) in [6, 6.07) is 15.7. The minimum absolute atomic E-state index is 0.274.